The molecule has 41 heavy (non-hydrogen) atoms. The molecule has 0 radical (unpaired) electrons. The second-order valence-corrected chi connectivity index (χ2v) is 12.7. The van der Waals surface area contributed by atoms with E-state index < -0.39 is 5.60 Å². The van der Waals surface area contributed by atoms with E-state index in [0.717, 1.165) is 42.2 Å². The van der Waals surface area contributed by atoms with Crippen molar-refractivity contribution in [2.45, 2.75) is 78.2 Å². The zero-order valence-corrected chi connectivity index (χ0v) is 25.6. The van der Waals surface area contributed by atoms with E-state index in [0.29, 0.717) is 56.4 Å². The van der Waals surface area contributed by atoms with Crippen molar-refractivity contribution in [3.8, 4) is 6.01 Å². The number of carbonyl (C=O) groups is 2. The molecule has 2 amide bonds. The molecule has 3 aliphatic rings. The van der Waals surface area contributed by atoms with Crippen molar-refractivity contribution in [2.75, 3.05) is 44.7 Å². The molecule has 2 saturated heterocycles. The van der Waals surface area contributed by atoms with Gasteiger partial charge >= 0.3 is 12.1 Å². The number of pyridine rings is 1. The fourth-order valence-electron chi connectivity index (χ4n) is 5.63. The average molecular weight is 586 g/mol. The van der Waals surface area contributed by atoms with Crippen molar-refractivity contribution in [2.24, 2.45) is 0 Å². The molecule has 3 aliphatic heterocycles. The maximum atomic E-state index is 13.5. The molecule has 0 saturated carbocycles. The fourth-order valence-corrected chi connectivity index (χ4v) is 5.81. The number of likely N-dealkylation sites (N-methyl/N-ethyl adjacent to an activating group) is 1. The zero-order valence-electron chi connectivity index (χ0n) is 24.8. The SMILES string of the molecule is Cc1ccc(Cl)c(C(=O)N2Cc3nc(OC[C@@H]4CCCN4C)nc(N4CCN(C(=O)OC(C)(C)C)C[C@@H]4C)c3C2)n1. The summed E-state index contributed by atoms with van der Waals surface area (Å²) in [5, 5.41) is 0.319. The normalized spacial score (nSPS) is 21.3. The molecule has 0 aromatic carbocycles. The third-order valence-corrected chi connectivity index (χ3v) is 8.15. The summed E-state index contributed by atoms with van der Waals surface area (Å²) in [4.78, 5) is 48.2. The summed E-state index contributed by atoms with van der Waals surface area (Å²) in [7, 11) is 2.11. The average Bonchev–Trinajstić information content (AvgIpc) is 3.53. The third kappa shape index (κ3) is 6.51. The van der Waals surface area contributed by atoms with E-state index in [1.54, 1.807) is 21.9 Å². The Morgan fingerprint density at radius 3 is 2.54 bits per heavy atom. The number of piperazine rings is 1. The number of ether oxygens (including phenoxy) is 2. The summed E-state index contributed by atoms with van der Waals surface area (Å²) >= 11 is 6.36. The summed E-state index contributed by atoms with van der Waals surface area (Å²) in [6, 6.07) is 4.07. The van der Waals surface area contributed by atoms with Crippen LogP contribution >= 0.6 is 11.6 Å². The molecule has 0 bridgehead atoms. The lowest BCUT2D eigenvalue weighted by Crippen LogP contribution is -2.55. The largest absolute Gasteiger partial charge is 0.462 e. The van der Waals surface area contributed by atoms with Crippen LogP contribution in [0.2, 0.25) is 5.02 Å². The van der Waals surface area contributed by atoms with E-state index in [-0.39, 0.29) is 23.7 Å². The number of likely N-dealkylation sites (tertiary alicyclic amines) is 1. The number of halogens is 1. The molecular formula is C29H40ClN7O4. The summed E-state index contributed by atoms with van der Waals surface area (Å²) in [5.74, 6) is 0.486. The van der Waals surface area contributed by atoms with Crippen LogP contribution in [0.4, 0.5) is 10.6 Å². The van der Waals surface area contributed by atoms with Gasteiger partial charge in [-0.05, 0) is 73.2 Å². The van der Waals surface area contributed by atoms with Crippen LogP contribution in [-0.2, 0) is 17.8 Å². The standard InChI is InChI=1S/C29H40ClN7O4/c1-18-9-10-22(30)24(31-18)26(38)36-15-21-23(16-36)32-27(40-17-20-8-7-11-34(20)6)33-25(21)37-13-12-35(14-19(37)2)28(39)41-29(3,4)5/h9-10,19-20H,7-8,11-17H2,1-6H3/t19-,20-/m0/s1. The highest BCUT2D eigenvalue weighted by atomic mass is 35.5. The minimum atomic E-state index is -0.560. The van der Waals surface area contributed by atoms with Crippen LogP contribution < -0.4 is 9.64 Å². The topological polar surface area (TPSA) is 104 Å². The van der Waals surface area contributed by atoms with Gasteiger partial charge in [0.25, 0.3) is 5.91 Å². The van der Waals surface area contributed by atoms with Crippen LogP contribution in [-0.4, -0.2) is 99.2 Å². The molecule has 2 aromatic rings. The first-order chi connectivity index (χ1) is 19.4. The first-order valence-electron chi connectivity index (χ1n) is 14.3. The van der Waals surface area contributed by atoms with Gasteiger partial charge in [-0.15, -0.1) is 0 Å². The molecule has 0 N–H and O–H groups in total. The van der Waals surface area contributed by atoms with Gasteiger partial charge in [0, 0.05) is 43.0 Å². The molecule has 0 aliphatic carbocycles. The molecule has 12 heteroatoms. The predicted molar refractivity (Wildman–Crippen MR) is 155 cm³/mol. The Kier molecular flexibility index (Phi) is 8.29. The maximum Gasteiger partial charge on any atom is 0.410 e. The molecular weight excluding hydrogens is 546 g/mol. The molecule has 2 atom stereocenters. The molecule has 2 aromatic heterocycles. The van der Waals surface area contributed by atoms with Crippen LogP contribution in [0.3, 0.4) is 0 Å². The molecule has 11 nitrogen and oxygen atoms in total. The number of anilines is 1. The second kappa shape index (κ2) is 11.6. The molecule has 5 rings (SSSR count). The quantitative estimate of drug-likeness (QED) is 0.516. The van der Waals surface area contributed by atoms with Crippen molar-refractivity contribution in [3.05, 3.63) is 39.8 Å². The smallest absolute Gasteiger partial charge is 0.410 e. The monoisotopic (exact) mass is 585 g/mol. The molecule has 0 unspecified atom stereocenters. The van der Waals surface area contributed by atoms with Gasteiger partial charge in [0.05, 0.1) is 23.8 Å². The van der Waals surface area contributed by atoms with Gasteiger partial charge in [-0.25, -0.2) is 9.78 Å². The minimum absolute atomic E-state index is 0.0401. The Morgan fingerprint density at radius 2 is 1.85 bits per heavy atom. The number of amides is 2. The lowest BCUT2D eigenvalue weighted by Gasteiger charge is -2.41. The molecule has 2 fully saturated rings. The van der Waals surface area contributed by atoms with E-state index in [2.05, 4.69) is 28.8 Å². The lowest BCUT2D eigenvalue weighted by atomic mass is 10.1. The summed E-state index contributed by atoms with van der Waals surface area (Å²) < 4.78 is 11.8. The summed E-state index contributed by atoms with van der Waals surface area (Å²) in [6.45, 7) is 13.2. The Balaban J connectivity index is 1.40. The minimum Gasteiger partial charge on any atom is -0.462 e. The highest BCUT2D eigenvalue weighted by molar-refractivity contribution is 6.33. The second-order valence-electron chi connectivity index (χ2n) is 12.3. The Bertz CT molecular complexity index is 1320. The first-order valence-corrected chi connectivity index (χ1v) is 14.7. The van der Waals surface area contributed by atoms with Crippen molar-refractivity contribution in [3.63, 3.8) is 0 Å². The van der Waals surface area contributed by atoms with Crippen LogP contribution in [0.15, 0.2) is 12.1 Å². The molecule has 0 spiro atoms. The van der Waals surface area contributed by atoms with Gasteiger partial charge < -0.3 is 29.1 Å². The van der Waals surface area contributed by atoms with Crippen LogP contribution in [0.5, 0.6) is 6.01 Å². The van der Waals surface area contributed by atoms with Crippen LogP contribution in [0.25, 0.3) is 0 Å². The van der Waals surface area contributed by atoms with Gasteiger partial charge in [0.2, 0.25) is 0 Å². The van der Waals surface area contributed by atoms with E-state index in [1.807, 2.05) is 27.7 Å². The number of aromatic nitrogens is 3. The maximum absolute atomic E-state index is 13.5. The van der Waals surface area contributed by atoms with Crippen LogP contribution in [0, 0.1) is 6.92 Å². The number of nitrogens with zero attached hydrogens (tertiary/aromatic N) is 7. The Labute approximate surface area is 246 Å². The van der Waals surface area contributed by atoms with Crippen LogP contribution in [0.1, 0.15) is 68.0 Å². The number of rotatable bonds is 5. The predicted octanol–water partition coefficient (Wildman–Crippen LogP) is 3.91. The van der Waals surface area contributed by atoms with Gasteiger partial charge in [-0.3, -0.25) is 4.79 Å². The molecule has 222 valence electrons. The Morgan fingerprint density at radius 1 is 1.07 bits per heavy atom. The summed E-state index contributed by atoms with van der Waals surface area (Å²) in [6.07, 6.45) is 1.90. The van der Waals surface area contributed by atoms with Crippen molar-refractivity contribution >= 4 is 29.4 Å². The third-order valence-electron chi connectivity index (χ3n) is 7.84. The Hall–Kier alpha value is -3.18. The highest BCUT2D eigenvalue weighted by Gasteiger charge is 2.36. The van der Waals surface area contributed by atoms with Gasteiger partial charge in [-0.1, -0.05) is 11.6 Å². The van der Waals surface area contributed by atoms with E-state index in [4.69, 9.17) is 31.0 Å². The van der Waals surface area contributed by atoms with Gasteiger partial charge in [0.1, 0.15) is 23.7 Å². The summed E-state index contributed by atoms with van der Waals surface area (Å²) in [5.41, 5.74) is 2.03. The van der Waals surface area contributed by atoms with Gasteiger partial charge in [-0.2, -0.15) is 9.97 Å². The van der Waals surface area contributed by atoms with Crippen molar-refractivity contribution in [1.82, 2.24) is 29.7 Å². The first kappa shape index (κ1) is 29.3. The number of carbonyl (C=O) groups excluding carboxylic acids is 2. The van der Waals surface area contributed by atoms with Crippen molar-refractivity contribution in [1.29, 1.82) is 0 Å². The number of fused-ring (bicyclic) bond motifs is 1. The lowest BCUT2D eigenvalue weighted by molar-refractivity contribution is 0.0218. The fraction of sp³-hybridized carbons (Fsp3) is 0.621. The van der Waals surface area contributed by atoms with E-state index in [9.17, 15) is 9.59 Å². The van der Waals surface area contributed by atoms with E-state index in [1.165, 1.54) is 0 Å². The van der Waals surface area contributed by atoms with Gasteiger partial charge in [0.15, 0.2) is 0 Å². The zero-order chi connectivity index (χ0) is 29.5. The molecule has 5 heterocycles. The number of hydrogen-bond acceptors (Lipinski definition) is 9. The number of aryl methyl sites for hydroxylation is 1. The highest BCUT2D eigenvalue weighted by Crippen LogP contribution is 2.34. The van der Waals surface area contributed by atoms with E-state index >= 15 is 0 Å². The van der Waals surface area contributed by atoms with Crippen molar-refractivity contribution < 1.29 is 19.1 Å². The number of hydrogen-bond donors (Lipinski definition) is 0.